The summed E-state index contributed by atoms with van der Waals surface area (Å²) in [5, 5.41) is 0. The van der Waals surface area contributed by atoms with Crippen LogP contribution in [0.15, 0.2) is 21.9 Å². The van der Waals surface area contributed by atoms with Crippen molar-refractivity contribution in [3.63, 3.8) is 0 Å². The van der Waals surface area contributed by atoms with Crippen LogP contribution in [0, 0.1) is 0 Å². The molecule has 1 aliphatic heterocycles. The molecule has 0 saturated carbocycles. The van der Waals surface area contributed by atoms with E-state index in [-0.39, 0.29) is 17.9 Å². The van der Waals surface area contributed by atoms with Gasteiger partial charge in [-0.1, -0.05) is 0 Å². The van der Waals surface area contributed by atoms with Gasteiger partial charge in [0.2, 0.25) is 0 Å². The van der Waals surface area contributed by atoms with Crippen LogP contribution < -0.4 is 11.2 Å². The number of hydrogen-bond acceptors (Lipinski definition) is 3. The maximum absolute atomic E-state index is 11.4. The minimum absolute atomic E-state index is 0.179. The molecule has 2 heterocycles. The first kappa shape index (κ1) is 9.21. The fourth-order valence-corrected chi connectivity index (χ4v) is 1.64. The predicted molar refractivity (Wildman–Crippen MR) is 50.1 cm³/mol. The van der Waals surface area contributed by atoms with E-state index >= 15 is 0 Å². The van der Waals surface area contributed by atoms with E-state index in [1.54, 1.807) is 0 Å². The molecule has 1 saturated heterocycles. The van der Waals surface area contributed by atoms with Gasteiger partial charge in [-0.2, -0.15) is 0 Å². The molecule has 14 heavy (non-hydrogen) atoms. The minimum Gasteiger partial charge on any atom is -0.355 e. The number of ether oxygens (including phenoxy) is 1. The Labute approximate surface area is 80.3 Å². The molecule has 1 aliphatic rings. The van der Waals surface area contributed by atoms with Crippen LogP contribution in [0.1, 0.15) is 26.0 Å². The van der Waals surface area contributed by atoms with Gasteiger partial charge in [0.1, 0.15) is 6.23 Å². The van der Waals surface area contributed by atoms with Crippen molar-refractivity contribution in [3.05, 3.63) is 33.1 Å². The quantitative estimate of drug-likeness (QED) is 0.699. The SMILES string of the molecule is CC1CC[C@H](n2ccc(=O)[nH]c2=O)O1. The van der Waals surface area contributed by atoms with Crippen molar-refractivity contribution in [2.45, 2.75) is 32.1 Å². The van der Waals surface area contributed by atoms with Gasteiger partial charge >= 0.3 is 5.69 Å². The van der Waals surface area contributed by atoms with Gasteiger partial charge in [-0.25, -0.2) is 4.79 Å². The van der Waals surface area contributed by atoms with E-state index in [1.807, 2.05) is 6.92 Å². The van der Waals surface area contributed by atoms with Crippen LogP contribution in [0.4, 0.5) is 0 Å². The van der Waals surface area contributed by atoms with E-state index in [9.17, 15) is 9.59 Å². The highest BCUT2D eigenvalue weighted by Gasteiger charge is 2.23. The number of aromatic nitrogens is 2. The van der Waals surface area contributed by atoms with Gasteiger partial charge in [-0.05, 0) is 19.8 Å². The molecule has 0 spiro atoms. The third-order valence-electron chi connectivity index (χ3n) is 2.37. The standard InChI is InChI=1S/C9H12N2O3/c1-6-2-3-8(14-6)11-5-4-7(12)10-9(11)13/h4-6,8H,2-3H2,1H3,(H,10,12,13)/t6?,8-/m1/s1. The molecule has 1 aromatic rings. The average molecular weight is 196 g/mol. The second-order valence-corrected chi connectivity index (χ2v) is 3.50. The molecule has 0 bridgehead atoms. The normalized spacial score (nSPS) is 26.6. The number of nitrogens with one attached hydrogen (secondary N) is 1. The molecule has 1 N–H and O–H groups in total. The fourth-order valence-electron chi connectivity index (χ4n) is 1.64. The maximum atomic E-state index is 11.4. The van der Waals surface area contributed by atoms with Crippen LogP contribution in [0.3, 0.4) is 0 Å². The number of H-pyrrole nitrogens is 1. The lowest BCUT2D eigenvalue weighted by molar-refractivity contribution is 0.00792. The monoisotopic (exact) mass is 196 g/mol. The van der Waals surface area contributed by atoms with E-state index in [0.717, 1.165) is 12.8 Å². The molecule has 2 rings (SSSR count). The van der Waals surface area contributed by atoms with Crippen molar-refractivity contribution in [2.75, 3.05) is 0 Å². The predicted octanol–water partition coefficient (Wildman–Crippen LogP) is 0.234. The Morgan fingerprint density at radius 2 is 2.29 bits per heavy atom. The molecule has 5 heteroatoms. The van der Waals surface area contributed by atoms with Crippen molar-refractivity contribution in [3.8, 4) is 0 Å². The lowest BCUT2D eigenvalue weighted by Gasteiger charge is -2.12. The number of nitrogens with zero attached hydrogens (tertiary/aromatic N) is 1. The number of hydrogen-bond donors (Lipinski definition) is 1. The van der Waals surface area contributed by atoms with Gasteiger partial charge in [-0.15, -0.1) is 0 Å². The molecule has 0 aliphatic carbocycles. The Morgan fingerprint density at radius 1 is 1.50 bits per heavy atom. The average Bonchev–Trinajstić information content (AvgIpc) is 2.51. The summed E-state index contributed by atoms with van der Waals surface area (Å²) >= 11 is 0. The van der Waals surface area contributed by atoms with Crippen LogP contribution in [-0.4, -0.2) is 15.7 Å². The number of aromatic amines is 1. The molecule has 1 fully saturated rings. The van der Waals surface area contributed by atoms with Gasteiger partial charge in [0, 0.05) is 12.3 Å². The van der Waals surface area contributed by atoms with Gasteiger partial charge in [0.15, 0.2) is 0 Å². The van der Waals surface area contributed by atoms with Gasteiger partial charge in [0.05, 0.1) is 6.10 Å². The van der Waals surface area contributed by atoms with E-state index in [1.165, 1.54) is 16.8 Å². The fraction of sp³-hybridized carbons (Fsp3) is 0.556. The van der Waals surface area contributed by atoms with Crippen LogP contribution in [0.2, 0.25) is 0 Å². The highest BCUT2D eigenvalue weighted by Crippen LogP contribution is 2.25. The first-order valence-corrected chi connectivity index (χ1v) is 4.64. The molecule has 0 radical (unpaired) electrons. The molecule has 0 amide bonds. The zero-order valence-corrected chi connectivity index (χ0v) is 7.90. The van der Waals surface area contributed by atoms with E-state index in [2.05, 4.69) is 4.98 Å². The smallest absolute Gasteiger partial charge is 0.330 e. The summed E-state index contributed by atoms with van der Waals surface area (Å²) < 4.78 is 6.93. The third-order valence-corrected chi connectivity index (χ3v) is 2.37. The van der Waals surface area contributed by atoms with E-state index in [4.69, 9.17) is 4.74 Å². The third kappa shape index (κ3) is 1.63. The van der Waals surface area contributed by atoms with E-state index < -0.39 is 5.69 Å². The van der Waals surface area contributed by atoms with E-state index in [0.29, 0.717) is 0 Å². The summed E-state index contributed by atoms with van der Waals surface area (Å²) in [5.74, 6) is 0. The van der Waals surface area contributed by atoms with Crippen LogP contribution in [0.5, 0.6) is 0 Å². The zero-order valence-electron chi connectivity index (χ0n) is 7.90. The van der Waals surface area contributed by atoms with Gasteiger partial charge < -0.3 is 4.74 Å². The first-order valence-electron chi connectivity index (χ1n) is 4.64. The molecule has 1 aromatic heterocycles. The highest BCUT2D eigenvalue weighted by molar-refractivity contribution is 4.85. The van der Waals surface area contributed by atoms with Crippen LogP contribution in [-0.2, 0) is 4.74 Å². The Kier molecular flexibility index (Phi) is 2.25. The largest absolute Gasteiger partial charge is 0.355 e. The molecule has 0 aromatic carbocycles. The Bertz CT molecular complexity index is 434. The van der Waals surface area contributed by atoms with Gasteiger partial charge in [-0.3, -0.25) is 14.3 Å². The summed E-state index contributed by atoms with van der Waals surface area (Å²) in [6.07, 6.45) is 3.18. The van der Waals surface area contributed by atoms with Crippen molar-refractivity contribution in [1.29, 1.82) is 0 Å². The van der Waals surface area contributed by atoms with Crippen molar-refractivity contribution < 1.29 is 4.74 Å². The Balaban J connectivity index is 2.33. The second-order valence-electron chi connectivity index (χ2n) is 3.50. The Hall–Kier alpha value is -1.36. The molecule has 76 valence electrons. The van der Waals surface area contributed by atoms with Crippen molar-refractivity contribution in [1.82, 2.24) is 9.55 Å². The molecular formula is C9H12N2O3. The maximum Gasteiger partial charge on any atom is 0.330 e. The molecule has 1 unspecified atom stereocenters. The molecular weight excluding hydrogens is 184 g/mol. The van der Waals surface area contributed by atoms with Crippen molar-refractivity contribution >= 4 is 0 Å². The van der Waals surface area contributed by atoms with Crippen LogP contribution >= 0.6 is 0 Å². The number of rotatable bonds is 1. The zero-order chi connectivity index (χ0) is 10.1. The lowest BCUT2D eigenvalue weighted by atomic mass is 10.2. The first-order chi connectivity index (χ1) is 6.66. The molecule has 5 nitrogen and oxygen atoms in total. The molecule has 2 atom stereocenters. The topological polar surface area (TPSA) is 64.1 Å². The highest BCUT2D eigenvalue weighted by atomic mass is 16.5. The minimum atomic E-state index is -0.406. The van der Waals surface area contributed by atoms with Crippen LogP contribution in [0.25, 0.3) is 0 Å². The van der Waals surface area contributed by atoms with Gasteiger partial charge in [0.25, 0.3) is 5.56 Å². The summed E-state index contributed by atoms with van der Waals surface area (Å²) in [4.78, 5) is 24.4. The summed E-state index contributed by atoms with van der Waals surface area (Å²) in [5.41, 5.74) is -0.783. The van der Waals surface area contributed by atoms with Crippen molar-refractivity contribution in [2.24, 2.45) is 0 Å². The second kappa shape index (κ2) is 3.42. The summed E-state index contributed by atoms with van der Waals surface area (Å²) in [6, 6.07) is 1.33. The summed E-state index contributed by atoms with van der Waals surface area (Å²) in [7, 11) is 0. The Morgan fingerprint density at radius 3 is 2.86 bits per heavy atom. The summed E-state index contributed by atoms with van der Waals surface area (Å²) in [6.45, 7) is 1.97. The lowest BCUT2D eigenvalue weighted by Crippen LogP contribution is -2.31.